The number of carbonyl (C=O) groups excluding carboxylic acids is 1. The maximum Gasteiger partial charge on any atom is 0.323 e. The largest absolute Gasteiger partial charge is 0.385 e. The molecular formula is C18H25N5O2. The number of imidazole rings is 1. The number of aromatic nitrogens is 3. The van der Waals surface area contributed by atoms with E-state index in [4.69, 9.17) is 0 Å². The number of urea groups is 1. The summed E-state index contributed by atoms with van der Waals surface area (Å²) < 4.78 is 1.84. The Balaban J connectivity index is 1.56. The first-order valence-electron chi connectivity index (χ1n) is 8.60. The lowest BCUT2D eigenvalue weighted by Crippen LogP contribution is -2.42. The van der Waals surface area contributed by atoms with Gasteiger partial charge in [-0.3, -0.25) is 5.32 Å². The second kappa shape index (κ2) is 7.23. The van der Waals surface area contributed by atoms with Crippen LogP contribution in [0.5, 0.6) is 0 Å². The molecule has 0 aliphatic carbocycles. The average molecular weight is 343 g/mol. The van der Waals surface area contributed by atoms with Crippen LogP contribution in [0, 0.1) is 19.8 Å². The van der Waals surface area contributed by atoms with Crippen LogP contribution < -0.4 is 5.32 Å². The number of hydrogen-bond acceptors (Lipinski definition) is 4. The number of likely N-dealkylation sites (tertiary alicyclic amines) is 1. The van der Waals surface area contributed by atoms with Crippen LogP contribution in [-0.2, 0) is 7.05 Å². The first kappa shape index (κ1) is 17.4. The van der Waals surface area contributed by atoms with Gasteiger partial charge < -0.3 is 14.6 Å². The van der Waals surface area contributed by atoms with E-state index in [-0.39, 0.29) is 11.9 Å². The number of nitrogens with one attached hydrogen (secondary N) is 1. The molecule has 2 aromatic rings. The summed E-state index contributed by atoms with van der Waals surface area (Å²) in [5.74, 6) is 1.38. The Hall–Kier alpha value is -2.41. The molecule has 1 aliphatic rings. The molecule has 3 rings (SSSR count). The number of piperidine rings is 1. The van der Waals surface area contributed by atoms with E-state index in [1.807, 2.05) is 43.8 Å². The minimum atomic E-state index is -0.591. The van der Waals surface area contributed by atoms with Crippen molar-refractivity contribution >= 4 is 11.8 Å². The summed E-state index contributed by atoms with van der Waals surface area (Å²) in [7, 11) is 1.88. The van der Waals surface area contributed by atoms with E-state index in [0.29, 0.717) is 24.7 Å². The van der Waals surface area contributed by atoms with Crippen LogP contribution in [0.15, 0.2) is 24.5 Å². The molecule has 134 valence electrons. The van der Waals surface area contributed by atoms with Crippen molar-refractivity contribution in [2.45, 2.75) is 32.8 Å². The second-order valence-electron chi connectivity index (χ2n) is 6.77. The van der Waals surface area contributed by atoms with Gasteiger partial charge in [0.2, 0.25) is 0 Å². The van der Waals surface area contributed by atoms with Crippen molar-refractivity contribution in [1.82, 2.24) is 19.4 Å². The van der Waals surface area contributed by atoms with Gasteiger partial charge in [0.1, 0.15) is 17.7 Å². The van der Waals surface area contributed by atoms with Gasteiger partial charge in [0.15, 0.2) is 0 Å². The number of pyridine rings is 1. The SMILES string of the molecule is Cc1cc(C)nc(NC(=O)N2CCC([C@H](O)c3nccn3C)CC2)c1. The maximum absolute atomic E-state index is 12.4. The Kier molecular flexibility index (Phi) is 5.03. The van der Waals surface area contributed by atoms with Gasteiger partial charge in [-0.1, -0.05) is 0 Å². The highest BCUT2D eigenvalue weighted by Gasteiger charge is 2.30. The molecule has 7 heteroatoms. The van der Waals surface area contributed by atoms with E-state index in [2.05, 4.69) is 15.3 Å². The van der Waals surface area contributed by atoms with E-state index < -0.39 is 6.10 Å². The van der Waals surface area contributed by atoms with Crippen molar-refractivity contribution in [2.24, 2.45) is 13.0 Å². The Morgan fingerprint density at radius 2 is 2.04 bits per heavy atom. The molecular weight excluding hydrogens is 318 g/mol. The summed E-state index contributed by atoms with van der Waals surface area (Å²) in [6.45, 7) is 5.12. The molecule has 25 heavy (non-hydrogen) atoms. The fourth-order valence-corrected chi connectivity index (χ4v) is 3.39. The number of aliphatic hydroxyl groups excluding tert-OH is 1. The number of rotatable bonds is 3. The number of nitrogens with zero attached hydrogens (tertiary/aromatic N) is 4. The molecule has 0 unspecified atom stereocenters. The van der Waals surface area contributed by atoms with Gasteiger partial charge in [-0.15, -0.1) is 0 Å². The number of anilines is 1. The van der Waals surface area contributed by atoms with Crippen molar-refractivity contribution in [3.8, 4) is 0 Å². The molecule has 1 aliphatic heterocycles. The van der Waals surface area contributed by atoms with E-state index in [1.54, 1.807) is 11.1 Å². The third kappa shape index (κ3) is 3.99. The van der Waals surface area contributed by atoms with Crippen molar-refractivity contribution in [3.05, 3.63) is 41.6 Å². The number of aliphatic hydroxyl groups is 1. The van der Waals surface area contributed by atoms with E-state index in [9.17, 15) is 9.90 Å². The fraction of sp³-hybridized carbons (Fsp3) is 0.500. The van der Waals surface area contributed by atoms with Crippen LogP contribution in [0.2, 0.25) is 0 Å². The van der Waals surface area contributed by atoms with E-state index in [1.165, 1.54) is 0 Å². The Morgan fingerprint density at radius 3 is 2.64 bits per heavy atom. The monoisotopic (exact) mass is 343 g/mol. The van der Waals surface area contributed by atoms with Gasteiger partial charge in [-0.25, -0.2) is 14.8 Å². The van der Waals surface area contributed by atoms with Gasteiger partial charge in [0, 0.05) is 38.2 Å². The Labute approximate surface area is 147 Å². The predicted molar refractivity (Wildman–Crippen MR) is 95.2 cm³/mol. The van der Waals surface area contributed by atoms with Crippen LogP contribution in [0.1, 0.15) is 36.0 Å². The highest BCUT2D eigenvalue weighted by molar-refractivity contribution is 5.88. The van der Waals surface area contributed by atoms with Crippen molar-refractivity contribution in [3.63, 3.8) is 0 Å². The molecule has 2 amide bonds. The molecule has 1 saturated heterocycles. The topological polar surface area (TPSA) is 83.3 Å². The number of hydrogen-bond donors (Lipinski definition) is 2. The highest BCUT2D eigenvalue weighted by Crippen LogP contribution is 2.29. The zero-order chi connectivity index (χ0) is 18.0. The zero-order valence-electron chi connectivity index (χ0n) is 14.9. The first-order valence-corrected chi connectivity index (χ1v) is 8.60. The average Bonchev–Trinajstić information content (AvgIpc) is 2.99. The molecule has 0 saturated carbocycles. The standard InChI is InChI=1S/C18H25N5O2/c1-12-10-13(2)20-15(11-12)21-18(25)23-7-4-14(5-8-23)16(24)17-19-6-9-22(17)3/h6,9-11,14,16,24H,4-5,7-8H2,1-3H3,(H,20,21,25)/t16-/m0/s1. The normalized spacial score (nSPS) is 16.7. The van der Waals surface area contributed by atoms with E-state index in [0.717, 1.165) is 24.1 Å². The molecule has 0 spiro atoms. The first-order chi connectivity index (χ1) is 11.9. The van der Waals surface area contributed by atoms with Crippen LogP contribution in [-0.4, -0.2) is 43.7 Å². The Morgan fingerprint density at radius 1 is 1.32 bits per heavy atom. The minimum absolute atomic E-state index is 0.115. The maximum atomic E-state index is 12.4. The number of amides is 2. The predicted octanol–water partition coefficient (Wildman–Crippen LogP) is 2.41. The van der Waals surface area contributed by atoms with Crippen LogP contribution in [0.25, 0.3) is 0 Å². The number of aryl methyl sites for hydroxylation is 3. The summed E-state index contributed by atoms with van der Waals surface area (Å²) in [6, 6.07) is 3.70. The van der Waals surface area contributed by atoms with Crippen LogP contribution in [0.4, 0.5) is 10.6 Å². The molecule has 2 N–H and O–H groups in total. The fourth-order valence-electron chi connectivity index (χ4n) is 3.39. The molecule has 0 radical (unpaired) electrons. The summed E-state index contributed by atoms with van der Waals surface area (Å²) in [4.78, 5) is 22.8. The van der Waals surface area contributed by atoms with Crippen LogP contribution >= 0.6 is 0 Å². The van der Waals surface area contributed by atoms with Gasteiger partial charge in [-0.05, 0) is 50.3 Å². The lowest BCUT2D eigenvalue weighted by atomic mass is 9.91. The zero-order valence-corrected chi connectivity index (χ0v) is 14.9. The molecule has 2 aromatic heterocycles. The van der Waals surface area contributed by atoms with Gasteiger partial charge >= 0.3 is 6.03 Å². The summed E-state index contributed by atoms with van der Waals surface area (Å²) >= 11 is 0. The third-order valence-electron chi connectivity index (χ3n) is 4.73. The molecule has 7 nitrogen and oxygen atoms in total. The summed E-state index contributed by atoms with van der Waals surface area (Å²) in [5.41, 5.74) is 1.95. The van der Waals surface area contributed by atoms with Crippen molar-refractivity contribution < 1.29 is 9.90 Å². The smallest absolute Gasteiger partial charge is 0.323 e. The molecule has 0 aromatic carbocycles. The summed E-state index contributed by atoms with van der Waals surface area (Å²) in [6.07, 6.45) is 4.44. The lowest BCUT2D eigenvalue weighted by Gasteiger charge is -2.33. The molecule has 0 bridgehead atoms. The third-order valence-corrected chi connectivity index (χ3v) is 4.73. The van der Waals surface area contributed by atoms with Gasteiger partial charge in [0.05, 0.1) is 0 Å². The Bertz CT molecular complexity index is 729. The van der Waals surface area contributed by atoms with Gasteiger partial charge in [0.25, 0.3) is 0 Å². The van der Waals surface area contributed by atoms with E-state index >= 15 is 0 Å². The number of carbonyl (C=O) groups is 1. The van der Waals surface area contributed by atoms with Gasteiger partial charge in [-0.2, -0.15) is 0 Å². The summed E-state index contributed by atoms with van der Waals surface area (Å²) in [5, 5.41) is 13.4. The molecule has 3 heterocycles. The highest BCUT2D eigenvalue weighted by atomic mass is 16.3. The minimum Gasteiger partial charge on any atom is -0.385 e. The van der Waals surface area contributed by atoms with Crippen molar-refractivity contribution in [1.29, 1.82) is 0 Å². The molecule has 1 fully saturated rings. The molecule has 1 atom stereocenters. The second-order valence-corrected chi connectivity index (χ2v) is 6.77. The van der Waals surface area contributed by atoms with Crippen molar-refractivity contribution in [2.75, 3.05) is 18.4 Å². The van der Waals surface area contributed by atoms with Crippen LogP contribution in [0.3, 0.4) is 0 Å². The quantitative estimate of drug-likeness (QED) is 0.896. The lowest BCUT2D eigenvalue weighted by molar-refractivity contribution is 0.0599.